The number of hydrogen-bond acceptors (Lipinski definition) is 4. The molecule has 1 aliphatic rings. The Balaban J connectivity index is 2.22. The minimum Gasteiger partial charge on any atom is -0.355 e. The normalized spacial score (nSPS) is 20.9. The molecule has 2 rings (SSSR count). The lowest BCUT2D eigenvalue weighted by molar-refractivity contribution is -0.120. The summed E-state index contributed by atoms with van der Waals surface area (Å²) < 4.78 is 27.5. The number of hydrogen-bond donors (Lipinski definition) is 2. The van der Waals surface area contributed by atoms with Crippen LogP contribution in [0.5, 0.6) is 0 Å². The fourth-order valence-corrected chi connectivity index (χ4v) is 5.22. The molecule has 0 spiro atoms. The number of carbonyl (C=O) groups is 2. The molecule has 1 aromatic rings. The van der Waals surface area contributed by atoms with Gasteiger partial charge in [0, 0.05) is 19.6 Å². The van der Waals surface area contributed by atoms with Gasteiger partial charge in [-0.3, -0.25) is 9.59 Å². The van der Waals surface area contributed by atoms with E-state index >= 15 is 0 Å². The van der Waals surface area contributed by atoms with Gasteiger partial charge < -0.3 is 10.6 Å². The number of halogens is 1. The molecule has 1 aliphatic heterocycles. The van der Waals surface area contributed by atoms with Gasteiger partial charge in [0.2, 0.25) is 15.9 Å². The standard InChI is InChI=1S/C18H26ClN3O4S/c1-4-20-17(23)9-21-18(24)15-8-14(5-6-16(15)19)27(25,26)22-10-12(2)7-13(3)11-22/h5-6,8,12-13H,4,7,9-11H2,1-3H3,(H,20,23)(H,21,24)/t12-,13+. The van der Waals surface area contributed by atoms with E-state index in [4.69, 9.17) is 11.6 Å². The summed E-state index contributed by atoms with van der Waals surface area (Å²) in [6.07, 6.45) is 0.986. The van der Waals surface area contributed by atoms with E-state index in [2.05, 4.69) is 10.6 Å². The Morgan fingerprint density at radius 2 is 1.81 bits per heavy atom. The molecule has 0 bridgehead atoms. The lowest BCUT2D eigenvalue weighted by atomic mass is 9.94. The molecule has 1 aromatic carbocycles. The Hall–Kier alpha value is -1.64. The van der Waals surface area contributed by atoms with Crippen molar-refractivity contribution in [3.05, 3.63) is 28.8 Å². The highest BCUT2D eigenvalue weighted by Gasteiger charge is 2.32. The van der Waals surface area contributed by atoms with Crippen molar-refractivity contribution >= 4 is 33.4 Å². The summed E-state index contributed by atoms with van der Waals surface area (Å²) in [5.74, 6) is -0.378. The van der Waals surface area contributed by atoms with Crippen LogP contribution in [0.3, 0.4) is 0 Å². The van der Waals surface area contributed by atoms with Crippen LogP contribution in [0.2, 0.25) is 5.02 Å². The Bertz CT molecular complexity index is 803. The SMILES string of the molecule is CCNC(=O)CNC(=O)c1cc(S(=O)(=O)N2C[C@H](C)C[C@H](C)C2)ccc1Cl. The molecule has 1 saturated heterocycles. The van der Waals surface area contributed by atoms with Crippen molar-refractivity contribution in [2.45, 2.75) is 32.1 Å². The Labute approximate surface area is 165 Å². The van der Waals surface area contributed by atoms with Gasteiger partial charge in [0.05, 0.1) is 22.0 Å². The van der Waals surface area contributed by atoms with Crippen LogP contribution in [-0.2, 0) is 14.8 Å². The second-order valence-corrected chi connectivity index (χ2v) is 9.39. The monoisotopic (exact) mass is 415 g/mol. The third kappa shape index (κ3) is 5.43. The number of sulfonamides is 1. The van der Waals surface area contributed by atoms with Crippen molar-refractivity contribution in [2.24, 2.45) is 11.8 Å². The summed E-state index contributed by atoms with van der Waals surface area (Å²) in [6.45, 7) is 6.98. The second-order valence-electron chi connectivity index (χ2n) is 7.05. The number of likely N-dealkylation sites (N-methyl/N-ethyl adjacent to an activating group) is 1. The zero-order chi connectivity index (χ0) is 20.2. The Morgan fingerprint density at radius 1 is 1.19 bits per heavy atom. The van der Waals surface area contributed by atoms with Gasteiger partial charge in [-0.15, -0.1) is 0 Å². The Kier molecular flexibility index (Phi) is 7.25. The van der Waals surface area contributed by atoms with Crippen molar-refractivity contribution in [2.75, 3.05) is 26.2 Å². The minimum atomic E-state index is -3.73. The lowest BCUT2D eigenvalue weighted by Gasteiger charge is -2.34. The molecule has 0 aromatic heterocycles. The van der Waals surface area contributed by atoms with Crippen molar-refractivity contribution in [3.8, 4) is 0 Å². The van der Waals surface area contributed by atoms with Gasteiger partial charge in [-0.05, 0) is 43.4 Å². The summed E-state index contributed by atoms with van der Waals surface area (Å²) in [7, 11) is -3.73. The topological polar surface area (TPSA) is 95.6 Å². The number of amides is 2. The number of benzene rings is 1. The van der Waals surface area contributed by atoms with Gasteiger partial charge in [-0.25, -0.2) is 8.42 Å². The van der Waals surface area contributed by atoms with Crippen LogP contribution >= 0.6 is 11.6 Å². The maximum atomic E-state index is 13.0. The predicted octanol–water partition coefficient (Wildman–Crippen LogP) is 1.87. The second kappa shape index (κ2) is 9.03. The van der Waals surface area contributed by atoms with Crippen LogP contribution in [0.4, 0.5) is 0 Å². The summed E-state index contributed by atoms with van der Waals surface area (Å²) >= 11 is 6.08. The van der Waals surface area contributed by atoms with Crippen molar-refractivity contribution in [1.82, 2.24) is 14.9 Å². The lowest BCUT2D eigenvalue weighted by Crippen LogP contribution is -2.42. The van der Waals surface area contributed by atoms with Crippen LogP contribution in [0.25, 0.3) is 0 Å². The molecule has 0 aliphatic carbocycles. The predicted molar refractivity (Wildman–Crippen MR) is 104 cm³/mol. The quantitative estimate of drug-likeness (QED) is 0.741. The van der Waals surface area contributed by atoms with Gasteiger partial charge in [0.1, 0.15) is 0 Å². The summed E-state index contributed by atoms with van der Waals surface area (Å²) in [5.41, 5.74) is 0.0279. The van der Waals surface area contributed by atoms with E-state index < -0.39 is 15.9 Å². The third-order valence-corrected chi connectivity index (χ3v) is 6.60. The molecule has 2 amide bonds. The first-order valence-electron chi connectivity index (χ1n) is 8.99. The maximum Gasteiger partial charge on any atom is 0.253 e. The van der Waals surface area contributed by atoms with E-state index in [1.165, 1.54) is 22.5 Å². The summed E-state index contributed by atoms with van der Waals surface area (Å²) in [5, 5.41) is 5.15. The van der Waals surface area contributed by atoms with E-state index in [0.29, 0.717) is 19.6 Å². The van der Waals surface area contributed by atoms with Gasteiger partial charge in [0.15, 0.2) is 0 Å². The molecular formula is C18H26ClN3O4S. The smallest absolute Gasteiger partial charge is 0.253 e. The molecular weight excluding hydrogens is 390 g/mol. The molecule has 150 valence electrons. The molecule has 9 heteroatoms. The highest BCUT2D eigenvalue weighted by molar-refractivity contribution is 7.89. The van der Waals surface area contributed by atoms with Crippen molar-refractivity contribution in [1.29, 1.82) is 0 Å². The van der Waals surface area contributed by atoms with Gasteiger partial charge in [0.25, 0.3) is 5.91 Å². The molecule has 2 atom stereocenters. The average Bonchev–Trinajstić information content (AvgIpc) is 2.59. The molecule has 0 saturated carbocycles. The first kappa shape index (κ1) is 21.7. The van der Waals surface area contributed by atoms with E-state index in [9.17, 15) is 18.0 Å². The summed E-state index contributed by atoms with van der Waals surface area (Å²) in [6, 6.07) is 4.07. The van der Waals surface area contributed by atoms with E-state index in [1.54, 1.807) is 6.92 Å². The first-order chi connectivity index (χ1) is 12.6. The molecule has 0 radical (unpaired) electrons. The van der Waals surface area contributed by atoms with E-state index in [-0.39, 0.29) is 39.8 Å². The number of piperidine rings is 1. The van der Waals surface area contributed by atoms with Crippen molar-refractivity contribution < 1.29 is 18.0 Å². The van der Waals surface area contributed by atoms with Crippen LogP contribution < -0.4 is 10.6 Å². The summed E-state index contributed by atoms with van der Waals surface area (Å²) in [4.78, 5) is 23.9. The number of rotatable bonds is 6. The number of nitrogens with zero attached hydrogens (tertiary/aromatic N) is 1. The molecule has 2 N–H and O–H groups in total. The zero-order valence-corrected chi connectivity index (χ0v) is 17.4. The van der Waals surface area contributed by atoms with Crippen molar-refractivity contribution in [3.63, 3.8) is 0 Å². The van der Waals surface area contributed by atoms with Gasteiger partial charge in [-0.2, -0.15) is 4.31 Å². The molecule has 0 unspecified atom stereocenters. The van der Waals surface area contributed by atoms with Crippen LogP contribution in [0.1, 0.15) is 37.6 Å². The van der Waals surface area contributed by atoms with Gasteiger partial charge >= 0.3 is 0 Å². The fraction of sp³-hybridized carbons (Fsp3) is 0.556. The fourth-order valence-electron chi connectivity index (χ4n) is 3.31. The highest BCUT2D eigenvalue weighted by Crippen LogP contribution is 2.28. The largest absolute Gasteiger partial charge is 0.355 e. The van der Waals surface area contributed by atoms with Crippen LogP contribution in [0.15, 0.2) is 23.1 Å². The maximum absolute atomic E-state index is 13.0. The number of nitrogens with one attached hydrogen (secondary N) is 2. The number of carbonyl (C=O) groups excluding carboxylic acids is 2. The van der Waals surface area contributed by atoms with Crippen LogP contribution in [-0.4, -0.2) is 50.7 Å². The highest BCUT2D eigenvalue weighted by atomic mass is 35.5. The average molecular weight is 416 g/mol. The molecule has 27 heavy (non-hydrogen) atoms. The first-order valence-corrected chi connectivity index (χ1v) is 10.8. The molecule has 1 fully saturated rings. The molecule has 7 nitrogen and oxygen atoms in total. The Morgan fingerprint density at radius 3 is 2.41 bits per heavy atom. The van der Waals surface area contributed by atoms with E-state index in [0.717, 1.165) is 6.42 Å². The minimum absolute atomic E-state index is 0.0244. The zero-order valence-electron chi connectivity index (χ0n) is 15.8. The third-order valence-electron chi connectivity index (χ3n) is 4.44. The van der Waals surface area contributed by atoms with Crippen LogP contribution in [0, 0.1) is 11.8 Å². The van der Waals surface area contributed by atoms with Gasteiger partial charge in [-0.1, -0.05) is 25.4 Å². The molecule has 1 heterocycles. The van der Waals surface area contributed by atoms with E-state index in [1.807, 2.05) is 13.8 Å².